The highest BCUT2D eigenvalue weighted by atomic mass is 15.3. The summed E-state index contributed by atoms with van der Waals surface area (Å²) in [7, 11) is 3.97. The van der Waals surface area contributed by atoms with E-state index in [4.69, 9.17) is 0 Å². The lowest BCUT2D eigenvalue weighted by molar-refractivity contribution is 0.731. The molecule has 96 valence electrons. The zero-order valence-corrected chi connectivity index (χ0v) is 11.8. The van der Waals surface area contributed by atoms with Gasteiger partial charge in [0.2, 0.25) is 0 Å². The fraction of sp³-hybridized carbons (Fsp3) is 0.400. The molecule has 0 spiro atoms. The van der Waals surface area contributed by atoms with E-state index in [0.717, 1.165) is 12.2 Å². The highest BCUT2D eigenvalue weighted by molar-refractivity contribution is 5.72. The van der Waals surface area contributed by atoms with Crippen molar-refractivity contribution < 1.29 is 0 Å². The van der Waals surface area contributed by atoms with Crippen molar-refractivity contribution in [3.05, 3.63) is 40.7 Å². The van der Waals surface area contributed by atoms with Gasteiger partial charge >= 0.3 is 0 Å². The molecule has 0 amide bonds. The second-order valence-corrected chi connectivity index (χ2v) is 4.85. The molecule has 2 aromatic rings. The maximum atomic E-state index is 4.50. The van der Waals surface area contributed by atoms with Crippen LogP contribution in [0.1, 0.15) is 22.5 Å². The van der Waals surface area contributed by atoms with Crippen LogP contribution in [0.25, 0.3) is 11.1 Å². The van der Waals surface area contributed by atoms with Crippen LogP contribution in [0.4, 0.5) is 0 Å². The van der Waals surface area contributed by atoms with E-state index >= 15 is 0 Å². The van der Waals surface area contributed by atoms with E-state index in [9.17, 15) is 0 Å². The first kappa shape index (κ1) is 12.8. The summed E-state index contributed by atoms with van der Waals surface area (Å²) in [6.07, 6.45) is 0. The Morgan fingerprint density at radius 1 is 1.22 bits per heavy atom. The van der Waals surface area contributed by atoms with Gasteiger partial charge in [0.15, 0.2) is 0 Å². The minimum Gasteiger partial charge on any atom is -0.316 e. The second kappa shape index (κ2) is 4.94. The van der Waals surface area contributed by atoms with Crippen molar-refractivity contribution in [1.29, 1.82) is 0 Å². The first-order valence-corrected chi connectivity index (χ1v) is 6.29. The normalized spacial score (nSPS) is 10.9. The van der Waals surface area contributed by atoms with Gasteiger partial charge in [0.25, 0.3) is 0 Å². The standard InChI is InChI=1S/C15H21N3/c1-10-6-7-13(9-16-4)8-14(10)15-11(2)17-18(5)12(15)3/h6-8,16H,9H2,1-5H3. The predicted octanol–water partition coefficient (Wildman–Crippen LogP) is 2.73. The lowest BCUT2D eigenvalue weighted by Gasteiger charge is -2.09. The first-order chi connectivity index (χ1) is 8.54. The SMILES string of the molecule is CNCc1ccc(C)c(-c2c(C)nn(C)c2C)c1. The predicted molar refractivity (Wildman–Crippen MR) is 75.6 cm³/mol. The second-order valence-electron chi connectivity index (χ2n) is 4.85. The monoisotopic (exact) mass is 243 g/mol. The third kappa shape index (κ3) is 2.18. The number of aryl methyl sites for hydroxylation is 3. The Labute approximate surface area is 109 Å². The van der Waals surface area contributed by atoms with Gasteiger partial charge in [0.1, 0.15) is 0 Å². The van der Waals surface area contributed by atoms with Crippen LogP contribution in [0.5, 0.6) is 0 Å². The molecule has 0 radical (unpaired) electrons. The van der Waals surface area contributed by atoms with E-state index in [-0.39, 0.29) is 0 Å². The van der Waals surface area contributed by atoms with E-state index in [1.165, 1.54) is 27.9 Å². The van der Waals surface area contributed by atoms with Crippen molar-refractivity contribution >= 4 is 0 Å². The zero-order chi connectivity index (χ0) is 13.3. The van der Waals surface area contributed by atoms with Gasteiger partial charge < -0.3 is 5.32 Å². The van der Waals surface area contributed by atoms with Crippen LogP contribution in [0, 0.1) is 20.8 Å². The Morgan fingerprint density at radius 2 is 1.94 bits per heavy atom. The molecule has 0 aliphatic rings. The summed E-state index contributed by atoms with van der Waals surface area (Å²) in [4.78, 5) is 0. The van der Waals surface area contributed by atoms with Gasteiger partial charge in [-0.3, -0.25) is 4.68 Å². The molecule has 0 saturated carbocycles. The Bertz CT molecular complexity index is 567. The van der Waals surface area contributed by atoms with Crippen LogP contribution in [0.2, 0.25) is 0 Å². The molecule has 3 nitrogen and oxygen atoms in total. The molecule has 1 N–H and O–H groups in total. The fourth-order valence-corrected chi connectivity index (χ4v) is 2.42. The molecule has 1 aromatic carbocycles. The Balaban J connectivity index is 2.58. The molecule has 2 rings (SSSR count). The Morgan fingerprint density at radius 3 is 2.50 bits per heavy atom. The summed E-state index contributed by atoms with van der Waals surface area (Å²) in [6.45, 7) is 7.25. The zero-order valence-electron chi connectivity index (χ0n) is 11.8. The minimum atomic E-state index is 0.894. The quantitative estimate of drug-likeness (QED) is 0.898. The maximum absolute atomic E-state index is 4.50. The molecule has 0 atom stereocenters. The van der Waals surface area contributed by atoms with Crippen molar-refractivity contribution in [2.45, 2.75) is 27.3 Å². The molecule has 18 heavy (non-hydrogen) atoms. The number of benzene rings is 1. The van der Waals surface area contributed by atoms with Gasteiger partial charge in [0, 0.05) is 24.8 Å². The first-order valence-electron chi connectivity index (χ1n) is 6.29. The number of hydrogen-bond acceptors (Lipinski definition) is 2. The summed E-state index contributed by atoms with van der Waals surface area (Å²) in [6, 6.07) is 6.63. The van der Waals surface area contributed by atoms with E-state index in [1.54, 1.807) is 0 Å². The van der Waals surface area contributed by atoms with Crippen LogP contribution in [-0.4, -0.2) is 16.8 Å². The Hall–Kier alpha value is -1.61. The van der Waals surface area contributed by atoms with Gasteiger partial charge in [-0.05, 0) is 50.6 Å². The number of nitrogens with zero attached hydrogens (tertiary/aromatic N) is 2. The van der Waals surface area contributed by atoms with Crippen LogP contribution >= 0.6 is 0 Å². The van der Waals surface area contributed by atoms with Gasteiger partial charge in [-0.25, -0.2) is 0 Å². The number of rotatable bonds is 3. The molecule has 0 fully saturated rings. The van der Waals surface area contributed by atoms with Crippen LogP contribution in [0.15, 0.2) is 18.2 Å². The molecule has 3 heteroatoms. The number of aromatic nitrogens is 2. The molecule has 0 unspecified atom stereocenters. The molecule has 1 aromatic heterocycles. The molecule has 1 heterocycles. The van der Waals surface area contributed by atoms with E-state index in [2.05, 4.69) is 49.4 Å². The lowest BCUT2D eigenvalue weighted by atomic mass is 9.96. The number of hydrogen-bond donors (Lipinski definition) is 1. The van der Waals surface area contributed by atoms with Crippen LogP contribution in [0.3, 0.4) is 0 Å². The minimum absolute atomic E-state index is 0.894. The van der Waals surface area contributed by atoms with Gasteiger partial charge in [0.05, 0.1) is 5.69 Å². The van der Waals surface area contributed by atoms with E-state index in [0.29, 0.717) is 0 Å². The molecular weight excluding hydrogens is 222 g/mol. The van der Waals surface area contributed by atoms with E-state index in [1.807, 2.05) is 18.8 Å². The Kier molecular flexibility index (Phi) is 3.53. The van der Waals surface area contributed by atoms with Crippen molar-refractivity contribution in [3.8, 4) is 11.1 Å². The highest BCUT2D eigenvalue weighted by Gasteiger charge is 2.13. The fourth-order valence-electron chi connectivity index (χ4n) is 2.42. The van der Waals surface area contributed by atoms with Crippen LogP contribution < -0.4 is 5.32 Å². The molecule has 0 saturated heterocycles. The van der Waals surface area contributed by atoms with Crippen LogP contribution in [-0.2, 0) is 13.6 Å². The average Bonchev–Trinajstić information content (AvgIpc) is 2.57. The van der Waals surface area contributed by atoms with Gasteiger partial charge in [-0.2, -0.15) is 5.10 Å². The third-order valence-electron chi connectivity index (χ3n) is 3.46. The third-order valence-corrected chi connectivity index (χ3v) is 3.46. The van der Waals surface area contributed by atoms with Gasteiger partial charge in [-0.15, -0.1) is 0 Å². The summed E-state index contributed by atoms with van der Waals surface area (Å²) < 4.78 is 1.95. The van der Waals surface area contributed by atoms with Crippen molar-refractivity contribution in [2.75, 3.05) is 7.05 Å². The molecular formula is C15H21N3. The van der Waals surface area contributed by atoms with Gasteiger partial charge in [-0.1, -0.05) is 12.1 Å². The summed E-state index contributed by atoms with van der Waals surface area (Å²) >= 11 is 0. The largest absolute Gasteiger partial charge is 0.316 e. The summed E-state index contributed by atoms with van der Waals surface area (Å²) in [5, 5.41) is 7.70. The number of nitrogens with one attached hydrogen (secondary N) is 1. The molecule has 0 bridgehead atoms. The molecule has 0 aliphatic heterocycles. The highest BCUT2D eigenvalue weighted by Crippen LogP contribution is 2.30. The maximum Gasteiger partial charge on any atom is 0.0674 e. The lowest BCUT2D eigenvalue weighted by Crippen LogP contribution is -2.05. The van der Waals surface area contributed by atoms with Crippen molar-refractivity contribution in [2.24, 2.45) is 7.05 Å². The smallest absolute Gasteiger partial charge is 0.0674 e. The average molecular weight is 243 g/mol. The molecule has 0 aliphatic carbocycles. The summed E-state index contributed by atoms with van der Waals surface area (Å²) in [5.74, 6) is 0. The topological polar surface area (TPSA) is 29.9 Å². The summed E-state index contributed by atoms with van der Waals surface area (Å²) in [5.41, 5.74) is 7.49. The van der Waals surface area contributed by atoms with Crippen molar-refractivity contribution in [3.63, 3.8) is 0 Å². The van der Waals surface area contributed by atoms with Crippen molar-refractivity contribution in [1.82, 2.24) is 15.1 Å². The van der Waals surface area contributed by atoms with E-state index < -0.39 is 0 Å².